The van der Waals surface area contributed by atoms with Crippen LogP contribution in [0, 0.1) is 30.6 Å². The lowest BCUT2D eigenvalue weighted by Gasteiger charge is -2.50. The highest BCUT2D eigenvalue weighted by molar-refractivity contribution is 6.31. The van der Waals surface area contributed by atoms with Gasteiger partial charge in [0, 0.05) is 17.5 Å². The average Bonchev–Trinajstić information content (AvgIpc) is 3.39. The molecule has 3 aromatic rings. The van der Waals surface area contributed by atoms with E-state index in [2.05, 4.69) is 5.43 Å². The third-order valence-electron chi connectivity index (χ3n) is 10.1. The van der Waals surface area contributed by atoms with Gasteiger partial charge in [-0.3, -0.25) is 29.5 Å². The number of anilines is 1. The van der Waals surface area contributed by atoms with Gasteiger partial charge in [0.15, 0.2) is 0 Å². The molecule has 0 radical (unpaired) electrons. The van der Waals surface area contributed by atoms with Gasteiger partial charge in [0.05, 0.1) is 28.9 Å². The van der Waals surface area contributed by atoms with E-state index in [0.717, 1.165) is 16.1 Å². The number of carbonyl (C=O) groups excluding carboxylic acids is 4. The molecule has 2 N–H and O–H groups in total. The molecule has 0 spiro atoms. The van der Waals surface area contributed by atoms with Gasteiger partial charge in [0.2, 0.25) is 11.8 Å². The number of carbonyl (C=O) groups is 4. The number of hydrogen-bond acceptors (Lipinski definition) is 6. The number of phenols is 1. The van der Waals surface area contributed by atoms with E-state index >= 15 is 4.79 Å². The summed E-state index contributed by atoms with van der Waals surface area (Å²) in [5, 5.41) is 11.6. The Morgan fingerprint density at radius 3 is 2.34 bits per heavy atom. The highest BCUT2D eigenvalue weighted by Gasteiger charge is 2.70. The van der Waals surface area contributed by atoms with Crippen molar-refractivity contribution in [3.8, 4) is 5.75 Å². The zero-order chi connectivity index (χ0) is 30.9. The molecule has 2 aliphatic carbocycles. The maximum atomic E-state index is 15.0. The van der Waals surface area contributed by atoms with Crippen molar-refractivity contribution >= 4 is 40.9 Å². The summed E-state index contributed by atoms with van der Waals surface area (Å²) in [7, 11) is 0. The standard InChI is InChI=1S/C35H32ClN3O5/c1-3-38-31(41)25-16-15-23-26(29(25)33(38)43)18-27-32(42)39(37-21-11-9-19(2)10-12-21)34(44)35(27,20-7-5-4-6-8-20)30(23)24-14-13-22(40)17-28(24)36/h4-15,17,25-27,29-30,37,40H,3,16,18H2,1-2H3. The second-order valence-corrected chi connectivity index (χ2v) is 12.6. The van der Waals surface area contributed by atoms with Gasteiger partial charge in [0.1, 0.15) is 5.75 Å². The van der Waals surface area contributed by atoms with Gasteiger partial charge < -0.3 is 5.11 Å². The highest BCUT2D eigenvalue weighted by Crippen LogP contribution is 2.64. The summed E-state index contributed by atoms with van der Waals surface area (Å²) in [5.74, 6) is -4.44. The number of fused-ring (bicyclic) bond motifs is 4. The van der Waals surface area contributed by atoms with E-state index in [0.29, 0.717) is 23.2 Å². The first kappa shape index (κ1) is 28.3. The van der Waals surface area contributed by atoms with Crippen molar-refractivity contribution in [2.24, 2.45) is 23.7 Å². The molecule has 0 bridgehead atoms. The Morgan fingerprint density at radius 2 is 1.66 bits per heavy atom. The molecule has 6 unspecified atom stereocenters. The van der Waals surface area contributed by atoms with E-state index in [4.69, 9.17) is 11.6 Å². The Bertz CT molecular complexity index is 1740. The van der Waals surface area contributed by atoms with Crippen LogP contribution >= 0.6 is 11.6 Å². The Balaban J connectivity index is 1.47. The number of allylic oxidation sites excluding steroid dienone is 2. The van der Waals surface area contributed by atoms with Gasteiger partial charge in [-0.05, 0) is 68.0 Å². The van der Waals surface area contributed by atoms with Crippen LogP contribution in [0.3, 0.4) is 0 Å². The van der Waals surface area contributed by atoms with E-state index in [-0.39, 0.29) is 35.6 Å². The number of phenolic OH excluding ortho intramolecular Hbond substituents is 1. The minimum absolute atomic E-state index is 0.0271. The number of amides is 4. The SMILES string of the molecule is CCN1C(=O)C2CC=C3C(CC4C(=O)N(Nc5ccc(C)cc5)C(=O)C4(c4ccccc4)C3c3ccc(O)cc3Cl)C2C1=O. The predicted molar refractivity (Wildman–Crippen MR) is 164 cm³/mol. The summed E-state index contributed by atoms with van der Waals surface area (Å²) in [6.07, 6.45) is 2.58. The summed E-state index contributed by atoms with van der Waals surface area (Å²) < 4.78 is 0. The maximum absolute atomic E-state index is 15.0. The lowest BCUT2D eigenvalue weighted by Crippen LogP contribution is -2.53. The quantitative estimate of drug-likeness (QED) is 0.298. The average molecular weight is 610 g/mol. The van der Waals surface area contributed by atoms with E-state index in [1.807, 2.05) is 67.6 Å². The molecule has 2 heterocycles. The second kappa shape index (κ2) is 10.3. The van der Waals surface area contributed by atoms with Crippen LogP contribution in [0.2, 0.25) is 5.02 Å². The van der Waals surface area contributed by atoms with E-state index < -0.39 is 46.8 Å². The Hall–Kier alpha value is -4.43. The lowest BCUT2D eigenvalue weighted by atomic mass is 9.49. The monoisotopic (exact) mass is 609 g/mol. The number of nitrogens with one attached hydrogen (secondary N) is 1. The highest BCUT2D eigenvalue weighted by atomic mass is 35.5. The van der Waals surface area contributed by atoms with Crippen molar-refractivity contribution in [3.63, 3.8) is 0 Å². The van der Waals surface area contributed by atoms with Crippen molar-refractivity contribution in [2.45, 2.75) is 38.0 Å². The lowest BCUT2D eigenvalue weighted by molar-refractivity contribution is -0.141. The molecule has 9 heteroatoms. The van der Waals surface area contributed by atoms with Crippen molar-refractivity contribution in [2.75, 3.05) is 12.0 Å². The molecule has 6 atom stereocenters. The molecule has 4 amide bonds. The third kappa shape index (κ3) is 3.90. The number of benzene rings is 3. The molecular weight excluding hydrogens is 578 g/mol. The number of likely N-dealkylation sites (tertiary alicyclic amines) is 1. The molecule has 3 aromatic carbocycles. The number of hydrogen-bond donors (Lipinski definition) is 2. The maximum Gasteiger partial charge on any atom is 0.260 e. The summed E-state index contributed by atoms with van der Waals surface area (Å²) in [5.41, 5.74) is 5.38. The third-order valence-corrected chi connectivity index (χ3v) is 10.4. The normalized spacial score (nSPS) is 29.3. The largest absolute Gasteiger partial charge is 0.508 e. The second-order valence-electron chi connectivity index (χ2n) is 12.2. The van der Waals surface area contributed by atoms with Gasteiger partial charge in [-0.25, -0.2) is 0 Å². The summed E-state index contributed by atoms with van der Waals surface area (Å²) in [6, 6.07) is 21.4. The van der Waals surface area contributed by atoms with E-state index in [1.165, 1.54) is 17.0 Å². The molecule has 7 rings (SSSR count). The van der Waals surface area contributed by atoms with Gasteiger partial charge in [-0.2, -0.15) is 5.01 Å². The molecule has 44 heavy (non-hydrogen) atoms. The molecule has 4 aliphatic rings. The number of hydrazine groups is 1. The topological polar surface area (TPSA) is 107 Å². The summed E-state index contributed by atoms with van der Waals surface area (Å²) in [6.45, 7) is 4.02. The van der Waals surface area contributed by atoms with Crippen LogP contribution < -0.4 is 5.43 Å². The number of nitrogens with zero attached hydrogens (tertiary/aromatic N) is 2. The van der Waals surface area contributed by atoms with Crippen molar-refractivity contribution in [1.82, 2.24) is 9.91 Å². The van der Waals surface area contributed by atoms with Gasteiger partial charge in [0.25, 0.3) is 11.8 Å². The first-order valence-electron chi connectivity index (χ1n) is 15.0. The van der Waals surface area contributed by atoms with Crippen molar-refractivity contribution in [1.29, 1.82) is 0 Å². The van der Waals surface area contributed by atoms with Crippen LogP contribution in [-0.2, 0) is 24.6 Å². The molecular formula is C35H32ClN3O5. The fourth-order valence-corrected chi connectivity index (χ4v) is 8.50. The van der Waals surface area contributed by atoms with Crippen molar-refractivity contribution < 1.29 is 24.3 Å². The molecule has 0 aromatic heterocycles. The first-order chi connectivity index (χ1) is 21.2. The van der Waals surface area contributed by atoms with Crippen LogP contribution in [0.25, 0.3) is 0 Å². The minimum Gasteiger partial charge on any atom is -0.508 e. The fourth-order valence-electron chi connectivity index (χ4n) is 8.22. The Kier molecular flexibility index (Phi) is 6.66. The smallest absolute Gasteiger partial charge is 0.260 e. The van der Waals surface area contributed by atoms with Crippen LogP contribution in [0.1, 0.15) is 42.4 Å². The molecule has 2 saturated heterocycles. The van der Waals surface area contributed by atoms with Crippen LogP contribution in [0.15, 0.2) is 84.4 Å². The van der Waals surface area contributed by atoms with Crippen LogP contribution in [0.4, 0.5) is 5.69 Å². The van der Waals surface area contributed by atoms with Crippen molar-refractivity contribution in [3.05, 3.63) is 106 Å². The molecule has 8 nitrogen and oxygen atoms in total. The van der Waals surface area contributed by atoms with Crippen LogP contribution in [0.5, 0.6) is 5.75 Å². The molecule has 224 valence electrons. The van der Waals surface area contributed by atoms with Crippen LogP contribution in [-0.4, -0.2) is 45.2 Å². The number of imide groups is 2. The Morgan fingerprint density at radius 1 is 0.932 bits per heavy atom. The molecule has 2 aliphatic heterocycles. The molecule has 3 fully saturated rings. The number of aromatic hydroxyl groups is 1. The zero-order valence-corrected chi connectivity index (χ0v) is 25.1. The van der Waals surface area contributed by atoms with Gasteiger partial charge in [-0.1, -0.05) is 77.3 Å². The summed E-state index contributed by atoms with van der Waals surface area (Å²) in [4.78, 5) is 57.9. The predicted octanol–water partition coefficient (Wildman–Crippen LogP) is 5.36. The number of aryl methyl sites for hydroxylation is 1. The number of halogens is 1. The summed E-state index contributed by atoms with van der Waals surface area (Å²) >= 11 is 6.87. The fraction of sp³-hybridized carbons (Fsp3) is 0.314. The minimum atomic E-state index is -1.40. The first-order valence-corrected chi connectivity index (χ1v) is 15.4. The van der Waals surface area contributed by atoms with E-state index in [9.17, 15) is 19.5 Å². The zero-order valence-electron chi connectivity index (χ0n) is 24.4. The van der Waals surface area contributed by atoms with Gasteiger partial charge in [-0.15, -0.1) is 0 Å². The molecule has 1 saturated carbocycles. The number of rotatable bonds is 5. The van der Waals surface area contributed by atoms with E-state index in [1.54, 1.807) is 13.0 Å². The Labute approximate surface area is 260 Å². The van der Waals surface area contributed by atoms with Gasteiger partial charge >= 0.3 is 0 Å².